The highest BCUT2D eigenvalue weighted by Crippen LogP contribution is 1.82. The zero-order valence-electron chi connectivity index (χ0n) is 8.79. The Labute approximate surface area is 87.7 Å². The van der Waals surface area contributed by atoms with Gasteiger partial charge in [0.05, 0.1) is 0 Å². The van der Waals surface area contributed by atoms with Crippen LogP contribution in [0, 0.1) is 0 Å². The van der Waals surface area contributed by atoms with E-state index in [0.717, 1.165) is 0 Å². The lowest BCUT2D eigenvalue weighted by Gasteiger charge is -2.08. The third-order valence-electron chi connectivity index (χ3n) is 1.42. The normalized spacial score (nSPS) is 9.60. The summed E-state index contributed by atoms with van der Waals surface area (Å²) in [7, 11) is 0. The molecule has 7 nitrogen and oxygen atoms in total. The van der Waals surface area contributed by atoms with Gasteiger partial charge in [-0.2, -0.15) is 0 Å². The maximum atomic E-state index is 11.1. The van der Waals surface area contributed by atoms with Gasteiger partial charge in [-0.15, -0.1) is 0 Å². The van der Waals surface area contributed by atoms with E-state index < -0.39 is 11.8 Å². The van der Waals surface area contributed by atoms with Gasteiger partial charge in [0, 0.05) is 19.0 Å². The number of rotatable bonds is 4. The van der Waals surface area contributed by atoms with Crippen molar-refractivity contribution >= 4 is 17.7 Å². The number of hydrogen-bond acceptors (Lipinski definition) is 4. The van der Waals surface area contributed by atoms with Crippen LogP contribution < -0.4 is 21.9 Å². The maximum absolute atomic E-state index is 11.1. The Morgan fingerprint density at radius 3 is 2.27 bits per heavy atom. The fourth-order valence-electron chi connectivity index (χ4n) is 0.830. The summed E-state index contributed by atoms with van der Waals surface area (Å²) in [6, 6.07) is 0.0561. The van der Waals surface area contributed by atoms with E-state index in [1.165, 1.54) is 0 Å². The van der Waals surface area contributed by atoms with E-state index in [0.29, 0.717) is 0 Å². The molecule has 0 unspecified atom stereocenters. The summed E-state index contributed by atoms with van der Waals surface area (Å²) in [5, 5.41) is 4.89. The van der Waals surface area contributed by atoms with E-state index in [4.69, 9.17) is 5.84 Å². The van der Waals surface area contributed by atoms with Crippen LogP contribution >= 0.6 is 0 Å². The fraction of sp³-hybridized carbons (Fsp3) is 0.625. The molecular weight excluding hydrogens is 200 g/mol. The van der Waals surface area contributed by atoms with Crippen LogP contribution in [0.4, 0.5) is 0 Å². The molecule has 0 bridgehead atoms. The molecule has 86 valence electrons. The van der Waals surface area contributed by atoms with Crippen molar-refractivity contribution in [2.24, 2.45) is 5.84 Å². The van der Waals surface area contributed by atoms with Gasteiger partial charge < -0.3 is 10.6 Å². The molecule has 7 heteroatoms. The minimum Gasteiger partial charge on any atom is -0.354 e. The first-order chi connectivity index (χ1) is 6.97. The highest BCUT2D eigenvalue weighted by Gasteiger charge is 2.11. The topological polar surface area (TPSA) is 113 Å². The summed E-state index contributed by atoms with van der Waals surface area (Å²) in [5.41, 5.74) is 1.68. The average Bonchev–Trinajstić information content (AvgIpc) is 2.15. The van der Waals surface area contributed by atoms with E-state index in [-0.39, 0.29) is 24.9 Å². The SMILES string of the molecule is CC(C)NC(=O)CCNC(=O)C(=O)NN. The molecule has 0 aliphatic carbocycles. The molecule has 5 N–H and O–H groups in total. The monoisotopic (exact) mass is 216 g/mol. The third-order valence-corrected chi connectivity index (χ3v) is 1.42. The lowest BCUT2D eigenvalue weighted by Crippen LogP contribution is -2.44. The van der Waals surface area contributed by atoms with Gasteiger partial charge >= 0.3 is 11.8 Å². The summed E-state index contributed by atoms with van der Waals surface area (Å²) >= 11 is 0. The predicted octanol–water partition coefficient (Wildman–Crippen LogP) is -1.99. The minimum absolute atomic E-state index is 0.0561. The van der Waals surface area contributed by atoms with E-state index in [2.05, 4.69) is 10.6 Å². The summed E-state index contributed by atoms with van der Waals surface area (Å²) in [4.78, 5) is 32.5. The maximum Gasteiger partial charge on any atom is 0.323 e. The van der Waals surface area contributed by atoms with Crippen molar-refractivity contribution in [1.29, 1.82) is 0 Å². The lowest BCUT2D eigenvalue weighted by molar-refractivity contribution is -0.139. The zero-order chi connectivity index (χ0) is 11.8. The first-order valence-electron chi connectivity index (χ1n) is 4.55. The molecular formula is C8H16N4O3. The minimum atomic E-state index is -0.931. The smallest absolute Gasteiger partial charge is 0.323 e. The van der Waals surface area contributed by atoms with E-state index in [9.17, 15) is 14.4 Å². The van der Waals surface area contributed by atoms with E-state index >= 15 is 0 Å². The van der Waals surface area contributed by atoms with Gasteiger partial charge in [-0.1, -0.05) is 0 Å². The molecule has 0 saturated carbocycles. The molecule has 0 aromatic carbocycles. The van der Waals surface area contributed by atoms with E-state index in [1.54, 1.807) is 5.43 Å². The van der Waals surface area contributed by atoms with Crippen LogP contribution in [0.3, 0.4) is 0 Å². The largest absolute Gasteiger partial charge is 0.354 e. The number of amides is 3. The first-order valence-corrected chi connectivity index (χ1v) is 4.55. The second-order valence-electron chi connectivity index (χ2n) is 3.20. The van der Waals surface area contributed by atoms with Crippen LogP contribution in [0.5, 0.6) is 0 Å². The molecule has 0 rings (SSSR count). The zero-order valence-corrected chi connectivity index (χ0v) is 8.79. The van der Waals surface area contributed by atoms with Crippen molar-refractivity contribution in [3.8, 4) is 0 Å². The van der Waals surface area contributed by atoms with Crippen LogP contribution in [-0.4, -0.2) is 30.3 Å². The number of carbonyl (C=O) groups excluding carboxylic acids is 3. The molecule has 0 saturated heterocycles. The Bertz CT molecular complexity index is 252. The lowest BCUT2D eigenvalue weighted by atomic mass is 10.3. The van der Waals surface area contributed by atoms with Crippen molar-refractivity contribution in [1.82, 2.24) is 16.1 Å². The summed E-state index contributed by atoms with van der Waals surface area (Å²) < 4.78 is 0. The standard InChI is InChI=1S/C8H16N4O3/c1-5(2)11-6(13)3-4-10-7(14)8(15)12-9/h5H,3-4,9H2,1-2H3,(H,10,14)(H,11,13)(H,12,15). The van der Waals surface area contributed by atoms with Gasteiger partial charge in [0.1, 0.15) is 0 Å². The van der Waals surface area contributed by atoms with Gasteiger partial charge in [0.15, 0.2) is 0 Å². The van der Waals surface area contributed by atoms with Gasteiger partial charge in [-0.25, -0.2) is 5.84 Å². The van der Waals surface area contributed by atoms with Crippen molar-refractivity contribution in [3.05, 3.63) is 0 Å². The Hall–Kier alpha value is -1.63. The number of hydrogen-bond donors (Lipinski definition) is 4. The summed E-state index contributed by atoms with van der Waals surface area (Å²) in [6.45, 7) is 3.77. The van der Waals surface area contributed by atoms with Gasteiger partial charge in [-0.05, 0) is 13.8 Å². The molecule has 0 heterocycles. The van der Waals surface area contributed by atoms with Crippen molar-refractivity contribution in [2.75, 3.05) is 6.54 Å². The van der Waals surface area contributed by atoms with Gasteiger partial charge in [-0.3, -0.25) is 19.8 Å². The van der Waals surface area contributed by atoms with Crippen LogP contribution in [0.1, 0.15) is 20.3 Å². The first kappa shape index (κ1) is 13.4. The third kappa shape index (κ3) is 6.44. The van der Waals surface area contributed by atoms with Crippen molar-refractivity contribution in [3.63, 3.8) is 0 Å². The van der Waals surface area contributed by atoms with Crippen LogP contribution in [0.15, 0.2) is 0 Å². The van der Waals surface area contributed by atoms with Gasteiger partial charge in [0.25, 0.3) is 0 Å². The van der Waals surface area contributed by atoms with E-state index in [1.807, 2.05) is 13.8 Å². The van der Waals surface area contributed by atoms with Crippen LogP contribution in [-0.2, 0) is 14.4 Å². The van der Waals surface area contributed by atoms with Gasteiger partial charge in [0.2, 0.25) is 5.91 Å². The number of carbonyl (C=O) groups is 3. The molecule has 3 amide bonds. The second-order valence-corrected chi connectivity index (χ2v) is 3.20. The second kappa shape index (κ2) is 6.77. The molecule has 0 aromatic heterocycles. The molecule has 0 atom stereocenters. The molecule has 0 fully saturated rings. The highest BCUT2D eigenvalue weighted by atomic mass is 16.2. The number of nitrogens with two attached hydrogens (primary N) is 1. The van der Waals surface area contributed by atoms with Crippen molar-refractivity contribution in [2.45, 2.75) is 26.3 Å². The number of nitrogens with one attached hydrogen (secondary N) is 3. The Morgan fingerprint density at radius 2 is 1.80 bits per heavy atom. The average molecular weight is 216 g/mol. The highest BCUT2D eigenvalue weighted by molar-refractivity contribution is 6.34. The molecule has 0 aromatic rings. The number of hydrazine groups is 1. The molecule has 15 heavy (non-hydrogen) atoms. The Balaban J connectivity index is 3.66. The van der Waals surface area contributed by atoms with Crippen LogP contribution in [0.25, 0.3) is 0 Å². The molecule has 0 aliphatic rings. The Kier molecular flexibility index (Phi) is 6.03. The fourth-order valence-corrected chi connectivity index (χ4v) is 0.830. The molecule has 0 aliphatic heterocycles. The molecule has 0 radical (unpaired) electrons. The molecule has 0 spiro atoms. The Morgan fingerprint density at radius 1 is 1.20 bits per heavy atom. The summed E-state index contributed by atoms with van der Waals surface area (Å²) in [6.07, 6.45) is 0.127. The van der Waals surface area contributed by atoms with Crippen LogP contribution in [0.2, 0.25) is 0 Å². The van der Waals surface area contributed by atoms with Crippen molar-refractivity contribution < 1.29 is 14.4 Å². The predicted molar refractivity (Wildman–Crippen MR) is 53.2 cm³/mol. The summed E-state index contributed by atoms with van der Waals surface area (Å²) in [5.74, 6) is 2.77. The quantitative estimate of drug-likeness (QED) is 0.188.